The van der Waals surface area contributed by atoms with Crippen molar-refractivity contribution >= 4 is 16.9 Å². The molecule has 0 aliphatic heterocycles. The second-order valence-electron chi connectivity index (χ2n) is 6.81. The molecule has 0 aliphatic rings. The lowest BCUT2D eigenvalue weighted by Gasteiger charge is -2.13. The molecule has 9 heteroatoms. The molecule has 0 aliphatic carbocycles. The van der Waals surface area contributed by atoms with E-state index >= 15 is 0 Å². The van der Waals surface area contributed by atoms with E-state index in [2.05, 4.69) is 5.32 Å². The standard InChI is InChI=1S/C21H26N4O5/c1-5-29-16-8-7-14(11-17(16)30-6-2)12-22-18(26)13-25-10-9-15-19(25)23(3)21(28)24(4)20(15)27/h7-11H,5-6,12-13H2,1-4H3,(H,22,26). The SMILES string of the molecule is CCOc1ccc(CNC(=O)Cn2ccc3c(=O)n(C)c(=O)n(C)c32)cc1OCC. The number of aryl methyl sites for hydroxylation is 1. The third kappa shape index (κ3) is 4.10. The number of nitrogens with zero attached hydrogens (tertiary/aromatic N) is 3. The van der Waals surface area contributed by atoms with Crippen LogP contribution >= 0.6 is 0 Å². The van der Waals surface area contributed by atoms with Crippen molar-refractivity contribution in [1.29, 1.82) is 0 Å². The van der Waals surface area contributed by atoms with E-state index in [1.54, 1.807) is 23.9 Å². The summed E-state index contributed by atoms with van der Waals surface area (Å²) in [7, 11) is 3.01. The van der Waals surface area contributed by atoms with Crippen molar-refractivity contribution in [2.24, 2.45) is 14.1 Å². The molecule has 0 atom stereocenters. The summed E-state index contributed by atoms with van der Waals surface area (Å²) >= 11 is 0. The Bertz CT molecular complexity index is 1190. The molecule has 0 spiro atoms. The maximum absolute atomic E-state index is 12.5. The second kappa shape index (κ2) is 8.89. The number of nitrogens with one attached hydrogen (secondary N) is 1. The molecule has 2 aromatic heterocycles. The van der Waals surface area contributed by atoms with Gasteiger partial charge in [0.1, 0.15) is 12.2 Å². The predicted molar refractivity (Wildman–Crippen MR) is 113 cm³/mol. The summed E-state index contributed by atoms with van der Waals surface area (Å²) in [5, 5.41) is 3.25. The van der Waals surface area contributed by atoms with E-state index in [0.717, 1.165) is 10.1 Å². The zero-order valence-corrected chi connectivity index (χ0v) is 17.6. The van der Waals surface area contributed by atoms with Crippen molar-refractivity contribution in [2.45, 2.75) is 26.9 Å². The predicted octanol–water partition coefficient (Wildman–Crippen LogP) is 1.15. The summed E-state index contributed by atoms with van der Waals surface area (Å²) in [6.07, 6.45) is 1.63. The van der Waals surface area contributed by atoms with Crippen molar-refractivity contribution in [3.05, 3.63) is 56.9 Å². The van der Waals surface area contributed by atoms with Gasteiger partial charge in [0.15, 0.2) is 11.5 Å². The van der Waals surface area contributed by atoms with Gasteiger partial charge in [0.05, 0.1) is 18.6 Å². The van der Waals surface area contributed by atoms with Crippen LogP contribution in [0, 0.1) is 0 Å². The van der Waals surface area contributed by atoms with E-state index in [9.17, 15) is 14.4 Å². The molecule has 9 nitrogen and oxygen atoms in total. The van der Waals surface area contributed by atoms with E-state index in [1.165, 1.54) is 11.6 Å². The first-order valence-electron chi connectivity index (χ1n) is 9.77. The molecule has 1 N–H and O–H groups in total. The third-order valence-corrected chi connectivity index (χ3v) is 4.77. The quantitative estimate of drug-likeness (QED) is 0.597. The van der Waals surface area contributed by atoms with Crippen molar-refractivity contribution in [3.63, 3.8) is 0 Å². The van der Waals surface area contributed by atoms with E-state index < -0.39 is 5.69 Å². The molecule has 0 unspecified atom stereocenters. The van der Waals surface area contributed by atoms with Gasteiger partial charge in [-0.3, -0.25) is 18.7 Å². The van der Waals surface area contributed by atoms with Crippen molar-refractivity contribution in [3.8, 4) is 11.5 Å². The molecule has 1 aromatic carbocycles. The molecule has 0 saturated carbocycles. The summed E-state index contributed by atoms with van der Waals surface area (Å²) in [6, 6.07) is 7.14. The smallest absolute Gasteiger partial charge is 0.332 e. The summed E-state index contributed by atoms with van der Waals surface area (Å²) in [5.41, 5.74) is 0.461. The highest BCUT2D eigenvalue weighted by atomic mass is 16.5. The molecule has 1 amide bonds. The van der Waals surface area contributed by atoms with Gasteiger partial charge < -0.3 is 19.4 Å². The first-order valence-corrected chi connectivity index (χ1v) is 9.77. The number of fused-ring (bicyclic) bond motifs is 1. The second-order valence-corrected chi connectivity index (χ2v) is 6.81. The Hall–Kier alpha value is -3.49. The van der Waals surface area contributed by atoms with Gasteiger partial charge in [0.25, 0.3) is 5.56 Å². The lowest BCUT2D eigenvalue weighted by atomic mass is 10.2. The van der Waals surface area contributed by atoms with Gasteiger partial charge in [-0.25, -0.2) is 4.79 Å². The molecule has 0 saturated heterocycles. The highest BCUT2D eigenvalue weighted by Gasteiger charge is 2.14. The fourth-order valence-electron chi connectivity index (χ4n) is 3.33. The van der Waals surface area contributed by atoms with Crippen LogP contribution in [0.15, 0.2) is 40.1 Å². The fraction of sp³-hybridized carbons (Fsp3) is 0.381. The monoisotopic (exact) mass is 414 g/mol. The van der Waals surface area contributed by atoms with Gasteiger partial charge in [-0.1, -0.05) is 6.07 Å². The number of carbonyl (C=O) groups excluding carboxylic acids is 1. The molecule has 30 heavy (non-hydrogen) atoms. The lowest BCUT2D eigenvalue weighted by molar-refractivity contribution is -0.121. The van der Waals surface area contributed by atoms with Crippen LogP contribution < -0.4 is 26.0 Å². The topological polar surface area (TPSA) is 96.5 Å². The molecule has 2 heterocycles. The van der Waals surface area contributed by atoms with Gasteiger partial charge in [-0.2, -0.15) is 0 Å². The van der Waals surface area contributed by atoms with Crippen LogP contribution in [0.1, 0.15) is 19.4 Å². The van der Waals surface area contributed by atoms with Crippen molar-refractivity contribution < 1.29 is 14.3 Å². The summed E-state index contributed by atoms with van der Waals surface area (Å²) < 4.78 is 15.2. The number of hydrogen-bond donors (Lipinski definition) is 1. The van der Waals surface area contributed by atoms with Crippen LogP contribution in [0.5, 0.6) is 11.5 Å². The number of carbonyl (C=O) groups is 1. The average Bonchev–Trinajstić information content (AvgIpc) is 3.14. The van der Waals surface area contributed by atoms with Gasteiger partial charge in [-0.05, 0) is 37.6 Å². The molecule has 3 rings (SSSR count). The Morgan fingerprint density at radius 2 is 1.70 bits per heavy atom. The average molecular weight is 414 g/mol. The van der Waals surface area contributed by atoms with Crippen LogP contribution in [-0.4, -0.2) is 32.8 Å². The number of amides is 1. The Balaban J connectivity index is 1.75. The van der Waals surface area contributed by atoms with E-state index in [4.69, 9.17) is 9.47 Å². The first-order chi connectivity index (χ1) is 14.4. The minimum absolute atomic E-state index is 0.0146. The summed E-state index contributed by atoms with van der Waals surface area (Å²) in [6.45, 7) is 5.14. The number of hydrogen-bond acceptors (Lipinski definition) is 5. The Kier molecular flexibility index (Phi) is 6.29. The van der Waals surface area contributed by atoms with Gasteiger partial charge in [0, 0.05) is 26.8 Å². The molecule has 0 radical (unpaired) electrons. The Labute approximate surface area is 173 Å². The molecule has 160 valence electrons. The molecular formula is C21H26N4O5. The highest BCUT2D eigenvalue weighted by Crippen LogP contribution is 2.28. The number of ether oxygens (including phenoxy) is 2. The van der Waals surface area contributed by atoms with Crippen molar-refractivity contribution in [2.75, 3.05) is 13.2 Å². The summed E-state index contributed by atoms with van der Waals surface area (Å²) in [4.78, 5) is 37.0. The largest absolute Gasteiger partial charge is 0.490 e. The lowest BCUT2D eigenvalue weighted by Crippen LogP contribution is -2.37. The van der Waals surface area contributed by atoms with Gasteiger partial charge in [-0.15, -0.1) is 0 Å². The van der Waals surface area contributed by atoms with Crippen molar-refractivity contribution in [1.82, 2.24) is 19.0 Å². The maximum atomic E-state index is 12.5. The molecular weight excluding hydrogens is 388 g/mol. The summed E-state index contributed by atoms with van der Waals surface area (Å²) in [5.74, 6) is 1.05. The third-order valence-electron chi connectivity index (χ3n) is 4.77. The normalized spacial score (nSPS) is 10.9. The number of rotatable bonds is 8. The van der Waals surface area contributed by atoms with E-state index in [0.29, 0.717) is 42.3 Å². The first kappa shape index (κ1) is 21.2. The molecule has 0 bridgehead atoms. The zero-order valence-electron chi connectivity index (χ0n) is 17.6. The van der Waals surface area contributed by atoms with Crippen LogP contribution in [-0.2, 0) is 32.0 Å². The van der Waals surface area contributed by atoms with Crippen LogP contribution in [0.2, 0.25) is 0 Å². The molecule has 3 aromatic rings. The Morgan fingerprint density at radius 3 is 2.40 bits per heavy atom. The zero-order chi connectivity index (χ0) is 21.8. The van der Waals surface area contributed by atoms with E-state index in [1.807, 2.05) is 32.0 Å². The van der Waals surface area contributed by atoms with E-state index in [-0.39, 0.29) is 18.0 Å². The number of benzene rings is 1. The minimum atomic E-state index is -0.439. The number of aromatic nitrogens is 3. The van der Waals surface area contributed by atoms with Crippen LogP contribution in [0.4, 0.5) is 0 Å². The van der Waals surface area contributed by atoms with Crippen LogP contribution in [0.25, 0.3) is 11.0 Å². The van der Waals surface area contributed by atoms with Gasteiger partial charge in [0.2, 0.25) is 5.91 Å². The van der Waals surface area contributed by atoms with Crippen LogP contribution in [0.3, 0.4) is 0 Å². The maximum Gasteiger partial charge on any atom is 0.332 e. The molecule has 0 fully saturated rings. The minimum Gasteiger partial charge on any atom is -0.490 e. The Morgan fingerprint density at radius 1 is 1.00 bits per heavy atom. The van der Waals surface area contributed by atoms with Gasteiger partial charge >= 0.3 is 5.69 Å². The highest BCUT2D eigenvalue weighted by molar-refractivity contribution is 5.80. The fourth-order valence-corrected chi connectivity index (χ4v) is 3.33.